The molecule has 0 unspecified atom stereocenters. The molecule has 0 spiro atoms. The number of hydrogen-bond donors (Lipinski definition) is 0. The van der Waals surface area contributed by atoms with E-state index < -0.39 is 0 Å². The third-order valence-corrected chi connectivity index (χ3v) is 6.74. The van der Waals surface area contributed by atoms with Crippen molar-refractivity contribution < 1.29 is 9.53 Å². The van der Waals surface area contributed by atoms with Crippen LogP contribution in [0.2, 0.25) is 0 Å². The molecule has 1 fully saturated rings. The maximum Gasteiger partial charge on any atom is 0.237 e. The Balaban J connectivity index is 1.55. The van der Waals surface area contributed by atoms with Gasteiger partial charge >= 0.3 is 0 Å². The Labute approximate surface area is 210 Å². The minimum atomic E-state index is -0.0874. The number of nitriles is 1. The Morgan fingerprint density at radius 3 is 2.49 bits per heavy atom. The van der Waals surface area contributed by atoms with Crippen LogP contribution in [-0.2, 0) is 4.79 Å². The average Bonchev–Trinajstić information content (AvgIpc) is 3.55. The summed E-state index contributed by atoms with van der Waals surface area (Å²) in [5, 5.41) is 18.7. The Hall–Kier alpha value is -3.51. The second kappa shape index (κ2) is 11.8. The highest BCUT2D eigenvalue weighted by molar-refractivity contribution is 7.99. The van der Waals surface area contributed by atoms with E-state index in [9.17, 15) is 4.79 Å². The summed E-state index contributed by atoms with van der Waals surface area (Å²) in [6, 6.07) is 17.8. The van der Waals surface area contributed by atoms with Gasteiger partial charge in [0.05, 0.1) is 30.5 Å². The van der Waals surface area contributed by atoms with Crippen molar-refractivity contribution in [2.45, 2.75) is 38.3 Å². The second-order valence-electron chi connectivity index (χ2n) is 8.32. The SMILES string of the molecule is CCOc1ccc(N(CCC#N)C(=O)CSc2nnc(N3CCCC3)n2-c2ccc(C)cc2)cc1. The van der Waals surface area contributed by atoms with Crippen molar-refractivity contribution in [2.24, 2.45) is 0 Å². The van der Waals surface area contributed by atoms with Crippen molar-refractivity contribution in [3.05, 3.63) is 54.1 Å². The molecule has 0 atom stereocenters. The maximum atomic E-state index is 13.3. The van der Waals surface area contributed by atoms with Gasteiger partial charge in [0.1, 0.15) is 5.75 Å². The van der Waals surface area contributed by atoms with Crippen LogP contribution in [0.4, 0.5) is 11.6 Å². The molecule has 0 radical (unpaired) electrons. The monoisotopic (exact) mass is 490 g/mol. The number of anilines is 2. The summed E-state index contributed by atoms with van der Waals surface area (Å²) >= 11 is 1.37. The quantitative estimate of drug-likeness (QED) is 0.383. The minimum absolute atomic E-state index is 0.0874. The standard InChI is InChI=1S/C26H30N6O2S/c1-3-34-23-13-11-21(12-14-23)31(18-6-15-27)24(33)19-35-26-29-28-25(30-16-4-5-17-30)32(26)22-9-7-20(2)8-10-22/h7-14H,3-6,16-19H2,1-2H3. The molecule has 8 nitrogen and oxygen atoms in total. The highest BCUT2D eigenvalue weighted by Crippen LogP contribution is 2.29. The molecule has 3 aromatic rings. The summed E-state index contributed by atoms with van der Waals surface area (Å²) in [5.41, 5.74) is 2.90. The number of carbonyl (C=O) groups excluding carboxylic acids is 1. The van der Waals surface area contributed by atoms with Crippen molar-refractivity contribution in [2.75, 3.05) is 41.8 Å². The molecule has 1 aromatic heterocycles. The number of benzene rings is 2. The smallest absolute Gasteiger partial charge is 0.237 e. The fraction of sp³-hybridized carbons (Fsp3) is 0.385. The summed E-state index contributed by atoms with van der Waals surface area (Å²) in [7, 11) is 0. The number of carbonyl (C=O) groups is 1. The minimum Gasteiger partial charge on any atom is -0.494 e. The molecule has 0 bridgehead atoms. The molecule has 182 valence electrons. The number of aromatic nitrogens is 3. The van der Waals surface area contributed by atoms with Crippen molar-refractivity contribution in [1.82, 2.24) is 14.8 Å². The molecule has 0 saturated carbocycles. The zero-order valence-corrected chi connectivity index (χ0v) is 21.0. The molecule has 1 saturated heterocycles. The normalized spacial score (nSPS) is 13.0. The third kappa shape index (κ3) is 5.95. The lowest BCUT2D eigenvalue weighted by molar-refractivity contribution is -0.116. The van der Waals surface area contributed by atoms with E-state index >= 15 is 0 Å². The maximum absolute atomic E-state index is 13.3. The number of amides is 1. The lowest BCUT2D eigenvalue weighted by atomic mass is 10.2. The van der Waals surface area contributed by atoms with Gasteiger partial charge in [-0.2, -0.15) is 5.26 Å². The molecule has 35 heavy (non-hydrogen) atoms. The average molecular weight is 491 g/mol. The predicted octanol–water partition coefficient (Wildman–Crippen LogP) is 4.61. The Morgan fingerprint density at radius 1 is 1.11 bits per heavy atom. The summed E-state index contributed by atoms with van der Waals surface area (Å²) in [4.78, 5) is 17.2. The first-order valence-corrected chi connectivity index (χ1v) is 12.9. The number of nitrogens with zero attached hydrogens (tertiary/aromatic N) is 6. The van der Waals surface area contributed by atoms with Gasteiger partial charge in [0, 0.05) is 25.3 Å². The van der Waals surface area contributed by atoms with E-state index in [1.165, 1.54) is 17.3 Å². The van der Waals surface area contributed by atoms with Crippen LogP contribution in [0, 0.1) is 18.3 Å². The van der Waals surface area contributed by atoms with Gasteiger partial charge in [-0.1, -0.05) is 29.5 Å². The van der Waals surface area contributed by atoms with E-state index in [-0.39, 0.29) is 18.1 Å². The molecule has 0 N–H and O–H groups in total. The summed E-state index contributed by atoms with van der Waals surface area (Å²) in [5.74, 6) is 1.66. The molecular formula is C26H30N6O2S. The van der Waals surface area contributed by atoms with Crippen LogP contribution in [0.5, 0.6) is 5.75 Å². The topological polar surface area (TPSA) is 87.3 Å². The highest BCUT2D eigenvalue weighted by atomic mass is 32.2. The number of rotatable bonds is 10. The first kappa shape index (κ1) is 24.6. The molecule has 1 aliphatic rings. The lowest BCUT2D eigenvalue weighted by Gasteiger charge is -2.22. The van der Waals surface area contributed by atoms with Crippen molar-refractivity contribution in [3.8, 4) is 17.5 Å². The lowest BCUT2D eigenvalue weighted by Crippen LogP contribution is -2.33. The van der Waals surface area contributed by atoms with Crippen LogP contribution < -0.4 is 14.5 Å². The van der Waals surface area contributed by atoms with Crippen LogP contribution in [0.25, 0.3) is 5.69 Å². The Bertz CT molecular complexity index is 1160. The Kier molecular flexibility index (Phi) is 8.27. The molecule has 1 aliphatic heterocycles. The van der Waals surface area contributed by atoms with Gasteiger partial charge in [0.25, 0.3) is 0 Å². The van der Waals surface area contributed by atoms with Crippen molar-refractivity contribution in [3.63, 3.8) is 0 Å². The largest absolute Gasteiger partial charge is 0.494 e. The van der Waals surface area contributed by atoms with Crippen molar-refractivity contribution in [1.29, 1.82) is 5.26 Å². The fourth-order valence-corrected chi connectivity index (χ4v) is 4.87. The van der Waals surface area contributed by atoms with E-state index in [0.717, 1.165) is 49.0 Å². The van der Waals surface area contributed by atoms with Crippen LogP contribution in [0.1, 0.15) is 31.7 Å². The molecule has 9 heteroatoms. The summed E-state index contributed by atoms with van der Waals surface area (Å²) in [6.45, 7) is 6.79. The molecule has 0 aliphatic carbocycles. The van der Waals surface area contributed by atoms with Gasteiger partial charge in [-0.25, -0.2) is 0 Å². The van der Waals surface area contributed by atoms with Crippen LogP contribution in [0.3, 0.4) is 0 Å². The van der Waals surface area contributed by atoms with E-state index in [2.05, 4.69) is 52.4 Å². The fourth-order valence-electron chi connectivity index (χ4n) is 4.05. The van der Waals surface area contributed by atoms with Gasteiger partial charge < -0.3 is 14.5 Å². The first-order valence-electron chi connectivity index (χ1n) is 11.9. The molecule has 2 heterocycles. The Morgan fingerprint density at radius 2 is 1.83 bits per heavy atom. The third-order valence-electron chi connectivity index (χ3n) is 5.83. The molecule has 4 rings (SSSR count). The molecule has 1 amide bonds. The molecule has 2 aromatic carbocycles. The van der Waals surface area contributed by atoms with Crippen LogP contribution in [0.15, 0.2) is 53.7 Å². The molecular weight excluding hydrogens is 460 g/mol. The first-order chi connectivity index (χ1) is 17.1. The van der Waals surface area contributed by atoms with E-state index in [4.69, 9.17) is 10.00 Å². The zero-order valence-electron chi connectivity index (χ0n) is 20.2. The highest BCUT2D eigenvalue weighted by Gasteiger charge is 2.24. The summed E-state index contributed by atoms with van der Waals surface area (Å²) < 4.78 is 7.55. The van der Waals surface area contributed by atoms with E-state index in [0.29, 0.717) is 18.3 Å². The van der Waals surface area contributed by atoms with Gasteiger partial charge in [-0.15, -0.1) is 10.2 Å². The second-order valence-corrected chi connectivity index (χ2v) is 9.26. The van der Waals surface area contributed by atoms with Gasteiger partial charge in [0.2, 0.25) is 11.9 Å². The predicted molar refractivity (Wildman–Crippen MR) is 138 cm³/mol. The van der Waals surface area contributed by atoms with E-state index in [1.54, 1.807) is 4.90 Å². The van der Waals surface area contributed by atoms with Crippen molar-refractivity contribution >= 4 is 29.3 Å². The van der Waals surface area contributed by atoms with Crippen LogP contribution in [-0.4, -0.2) is 52.7 Å². The number of thioether (sulfide) groups is 1. The zero-order chi connectivity index (χ0) is 24.6. The number of hydrogen-bond acceptors (Lipinski definition) is 7. The van der Waals surface area contributed by atoms with E-state index in [1.807, 2.05) is 35.8 Å². The number of aryl methyl sites for hydroxylation is 1. The van der Waals surface area contributed by atoms with Gasteiger partial charge in [-0.3, -0.25) is 9.36 Å². The number of ether oxygens (including phenoxy) is 1. The van der Waals surface area contributed by atoms with Crippen LogP contribution >= 0.6 is 11.8 Å². The van der Waals surface area contributed by atoms with Gasteiger partial charge in [-0.05, 0) is 63.1 Å². The summed E-state index contributed by atoms with van der Waals surface area (Å²) in [6.07, 6.45) is 2.53. The van der Waals surface area contributed by atoms with Gasteiger partial charge in [0.15, 0.2) is 5.16 Å².